The van der Waals surface area contributed by atoms with Gasteiger partial charge in [0.15, 0.2) is 0 Å². The highest BCUT2D eigenvalue weighted by Gasteiger charge is 2.25. The van der Waals surface area contributed by atoms with E-state index in [-0.39, 0.29) is 11.8 Å². The van der Waals surface area contributed by atoms with Crippen LogP contribution in [-0.2, 0) is 0 Å². The van der Waals surface area contributed by atoms with Crippen LogP contribution in [-0.4, -0.2) is 46.5 Å². The van der Waals surface area contributed by atoms with Crippen molar-refractivity contribution >= 4 is 21.8 Å². The average molecular weight is 365 g/mol. The molecule has 2 aromatic rings. The Labute approximate surface area is 136 Å². The minimum atomic E-state index is -0.398. The molecule has 3 rings (SSSR count). The Hall–Kier alpha value is -1.70. The van der Waals surface area contributed by atoms with Crippen LogP contribution in [0.4, 0.5) is 0 Å². The van der Waals surface area contributed by atoms with Gasteiger partial charge in [0.2, 0.25) is 0 Å². The van der Waals surface area contributed by atoms with E-state index in [1.807, 2.05) is 24.3 Å². The Bertz CT molecular complexity index is 673. The van der Waals surface area contributed by atoms with Gasteiger partial charge < -0.3 is 15.7 Å². The van der Waals surface area contributed by atoms with Crippen molar-refractivity contribution in [3.05, 3.63) is 46.7 Å². The molecule has 1 aliphatic heterocycles. The van der Waals surface area contributed by atoms with E-state index >= 15 is 0 Å². The summed E-state index contributed by atoms with van der Waals surface area (Å²) in [6, 6.07) is 7.69. The molecule has 0 radical (unpaired) electrons. The van der Waals surface area contributed by atoms with Gasteiger partial charge in [0.1, 0.15) is 0 Å². The topological polar surface area (TPSA) is 79.2 Å². The van der Waals surface area contributed by atoms with Crippen LogP contribution in [0.1, 0.15) is 10.4 Å². The molecule has 0 bridgehead atoms. The molecule has 1 aromatic heterocycles. The molecule has 1 aromatic carbocycles. The number of aromatic nitrogens is 2. The molecule has 6 nitrogen and oxygen atoms in total. The van der Waals surface area contributed by atoms with Gasteiger partial charge >= 0.3 is 0 Å². The Balaban J connectivity index is 1.64. The van der Waals surface area contributed by atoms with Crippen LogP contribution in [0.15, 0.2) is 41.1 Å². The minimum absolute atomic E-state index is 0.0593. The predicted octanol–water partition coefficient (Wildman–Crippen LogP) is 0.945. The van der Waals surface area contributed by atoms with E-state index in [2.05, 4.69) is 31.7 Å². The van der Waals surface area contributed by atoms with E-state index in [1.165, 1.54) is 0 Å². The standard InChI is InChI=1S/C15H17BrN4O2/c16-12-2-1-3-13(4-12)20-9-11(7-19-20)15(22)18-6-10-5-17-8-14(10)21/h1-4,7,9-10,14,17,21H,5-6,8H2,(H,18,22). The Morgan fingerprint density at radius 3 is 3.09 bits per heavy atom. The molecule has 2 atom stereocenters. The highest BCUT2D eigenvalue weighted by atomic mass is 79.9. The van der Waals surface area contributed by atoms with Crippen molar-refractivity contribution < 1.29 is 9.90 Å². The quantitative estimate of drug-likeness (QED) is 0.754. The zero-order chi connectivity index (χ0) is 15.5. The minimum Gasteiger partial charge on any atom is -0.391 e. The Morgan fingerprint density at radius 2 is 2.36 bits per heavy atom. The van der Waals surface area contributed by atoms with E-state index in [0.717, 1.165) is 16.7 Å². The molecule has 1 fully saturated rings. The first-order chi connectivity index (χ1) is 10.6. The fourth-order valence-electron chi connectivity index (χ4n) is 2.45. The summed E-state index contributed by atoms with van der Waals surface area (Å²) < 4.78 is 2.61. The van der Waals surface area contributed by atoms with Crippen molar-refractivity contribution in [1.29, 1.82) is 0 Å². The van der Waals surface area contributed by atoms with Crippen LogP contribution in [0.3, 0.4) is 0 Å². The molecular formula is C15H17BrN4O2. The molecule has 0 spiro atoms. The molecule has 116 valence electrons. The lowest BCUT2D eigenvalue weighted by atomic mass is 10.1. The Morgan fingerprint density at radius 1 is 1.50 bits per heavy atom. The largest absolute Gasteiger partial charge is 0.391 e. The fourth-order valence-corrected chi connectivity index (χ4v) is 2.84. The zero-order valence-electron chi connectivity index (χ0n) is 11.9. The number of hydrogen-bond donors (Lipinski definition) is 3. The smallest absolute Gasteiger partial charge is 0.254 e. The summed E-state index contributed by atoms with van der Waals surface area (Å²) in [6.45, 7) is 1.76. The van der Waals surface area contributed by atoms with Crippen LogP contribution < -0.4 is 10.6 Å². The normalized spacial score (nSPS) is 21.0. The van der Waals surface area contributed by atoms with E-state index in [4.69, 9.17) is 0 Å². The Kier molecular flexibility index (Phi) is 4.56. The third kappa shape index (κ3) is 3.37. The number of carbonyl (C=O) groups excluding carboxylic acids is 1. The van der Waals surface area contributed by atoms with Crippen molar-refractivity contribution in [2.45, 2.75) is 6.10 Å². The first-order valence-corrected chi connectivity index (χ1v) is 7.90. The van der Waals surface area contributed by atoms with Crippen LogP contribution in [0.25, 0.3) is 5.69 Å². The lowest BCUT2D eigenvalue weighted by Gasteiger charge is -2.13. The van der Waals surface area contributed by atoms with Crippen LogP contribution >= 0.6 is 15.9 Å². The summed E-state index contributed by atoms with van der Waals surface area (Å²) in [7, 11) is 0. The van der Waals surface area contributed by atoms with Gasteiger partial charge in [-0.25, -0.2) is 4.68 Å². The maximum Gasteiger partial charge on any atom is 0.254 e. The molecule has 1 aliphatic rings. The number of amides is 1. The number of hydrogen-bond acceptors (Lipinski definition) is 4. The van der Waals surface area contributed by atoms with E-state index in [1.54, 1.807) is 17.1 Å². The lowest BCUT2D eigenvalue weighted by molar-refractivity contribution is 0.0927. The number of β-amino-alcohol motifs (C(OH)–C–C–N with tert-alkyl or cyclic N) is 1. The van der Waals surface area contributed by atoms with Gasteiger partial charge in [-0.2, -0.15) is 5.10 Å². The van der Waals surface area contributed by atoms with Crippen molar-refractivity contribution in [1.82, 2.24) is 20.4 Å². The number of rotatable bonds is 4. The summed E-state index contributed by atoms with van der Waals surface area (Å²) in [5.74, 6) is -0.121. The second-order valence-corrected chi connectivity index (χ2v) is 6.26. The first-order valence-electron chi connectivity index (χ1n) is 7.11. The van der Waals surface area contributed by atoms with Crippen LogP contribution in [0, 0.1) is 5.92 Å². The molecule has 22 heavy (non-hydrogen) atoms. The summed E-state index contributed by atoms with van der Waals surface area (Å²) in [4.78, 5) is 12.1. The number of halogens is 1. The van der Waals surface area contributed by atoms with E-state index in [0.29, 0.717) is 18.7 Å². The van der Waals surface area contributed by atoms with Crippen LogP contribution in [0.5, 0.6) is 0 Å². The van der Waals surface area contributed by atoms with Crippen molar-refractivity contribution in [2.75, 3.05) is 19.6 Å². The molecule has 7 heteroatoms. The summed E-state index contributed by atoms with van der Waals surface area (Å²) in [5.41, 5.74) is 1.38. The van der Waals surface area contributed by atoms with E-state index < -0.39 is 6.10 Å². The molecule has 0 aliphatic carbocycles. The fraction of sp³-hybridized carbons (Fsp3) is 0.333. The van der Waals surface area contributed by atoms with Gasteiger partial charge in [0, 0.05) is 36.2 Å². The van der Waals surface area contributed by atoms with Gasteiger partial charge in [0.25, 0.3) is 5.91 Å². The second kappa shape index (κ2) is 6.60. The second-order valence-electron chi connectivity index (χ2n) is 5.35. The highest BCUT2D eigenvalue weighted by molar-refractivity contribution is 9.10. The number of nitrogens with one attached hydrogen (secondary N) is 2. The molecule has 1 saturated heterocycles. The predicted molar refractivity (Wildman–Crippen MR) is 86.0 cm³/mol. The summed E-state index contributed by atoms with van der Waals surface area (Å²) >= 11 is 3.41. The van der Waals surface area contributed by atoms with Gasteiger partial charge in [-0.1, -0.05) is 22.0 Å². The maximum absolute atomic E-state index is 12.1. The lowest BCUT2D eigenvalue weighted by Crippen LogP contribution is -2.34. The summed E-state index contributed by atoms with van der Waals surface area (Å²) in [6.07, 6.45) is 2.84. The maximum atomic E-state index is 12.1. The van der Waals surface area contributed by atoms with Crippen LogP contribution in [0.2, 0.25) is 0 Å². The average Bonchev–Trinajstić information content (AvgIpc) is 3.14. The summed E-state index contributed by atoms with van der Waals surface area (Å²) in [5, 5.41) is 19.9. The number of nitrogens with zero attached hydrogens (tertiary/aromatic N) is 2. The number of aliphatic hydroxyl groups is 1. The highest BCUT2D eigenvalue weighted by Crippen LogP contribution is 2.15. The van der Waals surface area contributed by atoms with Gasteiger partial charge in [-0.15, -0.1) is 0 Å². The molecular weight excluding hydrogens is 348 g/mol. The number of benzene rings is 1. The van der Waals surface area contributed by atoms with Gasteiger partial charge in [-0.3, -0.25) is 4.79 Å². The third-order valence-electron chi connectivity index (χ3n) is 3.75. The van der Waals surface area contributed by atoms with Gasteiger partial charge in [-0.05, 0) is 18.2 Å². The molecule has 1 amide bonds. The number of carbonyl (C=O) groups is 1. The monoisotopic (exact) mass is 364 g/mol. The van der Waals surface area contributed by atoms with Gasteiger partial charge in [0.05, 0.1) is 23.6 Å². The molecule has 0 saturated carbocycles. The zero-order valence-corrected chi connectivity index (χ0v) is 13.5. The third-order valence-corrected chi connectivity index (χ3v) is 4.24. The van der Waals surface area contributed by atoms with Crippen molar-refractivity contribution in [3.8, 4) is 5.69 Å². The van der Waals surface area contributed by atoms with Crippen molar-refractivity contribution in [2.24, 2.45) is 5.92 Å². The first kappa shape index (κ1) is 15.2. The van der Waals surface area contributed by atoms with E-state index in [9.17, 15) is 9.90 Å². The van der Waals surface area contributed by atoms with Crippen molar-refractivity contribution in [3.63, 3.8) is 0 Å². The molecule has 3 N–H and O–H groups in total. The number of aliphatic hydroxyl groups excluding tert-OH is 1. The molecule has 2 heterocycles. The SMILES string of the molecule is O=C(NCC1CNCC1O)c1cnn(-c2cccc(Br)c2)c1. The molecule has 2 unspecified atom stereocenters.